The number of carbonyl (C=O) groups excluding carboxylic acids is 1. The Labute approximate surface area is 164 Å². The molecule has 1 amide bonds. The van der Waals surface area contributed by atoms with Gasteiger partial charge in [-0.05, 0) is 56.2 Å². The van der Waals surface area contributed by atoms with Crippen molar-refractivity contribution >= 4 is 5.91 Å². The minimum absolute atomic E-state index is 0.0664. The zero-order valence-corrected chi connectivity index (χ0v) is 16.0. The molecule has 1 heterocycles. The summed E-state index contributed by atoms with van der Waals surface area (Å²) < 4.78 is 11.5. The number of oxazole rings is 1. The van der Waals surface area contributed by atoms with Crippen LogP contribution in [0.5, 0.6) is 5.75 Å². The van der Waals surface area contributed by atoms with E-state index in [1.165, 1.54) is 12.8 Å². The number of amides is 1. The van der Waals surface area contributed by atoms with Crippen molar-refractivity contribution in [2.75, 3.05) is 6.61 Å². The molecule has 0 unspecified atom stereocenters. The van der Waals surface area contributed by atoms with Crippen LogP contribution < -0.4 is 10.1 Å². The van der Waals surface area contributed by atoms with Crippen molar-refractivity contribution in [3.05, 3.63) is 60.3 Å². The highest BCUT2D eigenvalue weighted by atomic mass is 16.5. The first-order valence-corrected chi connectivity index (χ1v) is 9.84. The second-order valence-corrected chi connectivity index (χ2v) is 6.99. The first kappa shape index (κ1) is 18.3. The maximum atomic E-state index is 12.8. The molecule has 144 valence electrons. The molecule has 2 aromatic carbocycles. The van der Waals surface area contributed by atoms with Gasteiger partial charge in [0.05, 0.1) is 18.4 Å². The van der Waals surface area contributed by atoms with Gasteiger partial charge < -0.3 is 14.5 Å². The predicted molar refractivity (Wildman–Crippen MR) is 108 cm³/mol. The van der Waals surface area contributed by atoms with E-state index in [0.29, 0.717) is 29.4 Å². The highest BCUT2D eigenvalue weighted by Gasteiger charge is 2.21. The number of carbonyl (C=O) groups is 1. The molecule has 0 saturated heterocycles. The molecule has 1 N–H and O–H groups in total. The smallest absolute Gasteiger partial charge is 0.252 e. The average Bonchev–Trinajstić information content (AvgIpc) is 3.41. The molecule has 0 bridgehead atoms. The molecule has 5 heteroatoms. The Bertz CT molecular complexity index is 940. The minimum Gasteiger partial charge on any atom is -0.494 e. The third kappa shape index (κ3) is 3.93. The Kier molecular flexibility index (Phi) is 5.42. The van der Waals surface area contributed by atoms with Crippen LogP contribution in [0.2, 0.25) is 0 Å². The van der Waals surface area contributed by atoms with Gasteiger partial charge in [0.25, 0.3) is 5.91 Å². The second-order valence-electron chi connectivity index (χ2n) is 6.99. The highest BCUT2D eigenvalue weighted by Crippen LogP contribution is 2.29. The van der Waals surface area contributed by atoms with E-state index in [2.05, 4.69) is 10.3 Å². The van der Waals surface area contributed by atoms with Crippen molar-refractivity contribution in [3.8, 4) is 28.5 Å². The maximum absolute atomic E-state index is 12.8. The number of benzene rings is 2. The van der Waals surface area contributed by atoms with Gasteiger partial charge in [-0.15, -0.1) is 0 Å². The minimum atomic E-state index is -0.0664. The van der Waals surface area contributed by atoms with E-state index in [-0.39, 0.29) is 11.9 Å². The van der Waals surface area contributed by atoms with Crippen LogP contribution in [0.3, 0.4) is 0 Å². The monoisotopic (exact) mass is 376 g/mol. The third-order valence-electron chi connectivity index (χ3n) is 5.05. The van der Waals surface area contributed by atoms with Crippen LogP contribution in [0.15, 0.2) is 59.1 Å². The SMILES string of the molecule is CCOc1ccc(-c2cnc(-c3ccccc3C(=O)NC3CCCC3)o2)cc1. The number of nitrogens with one attached hydrogen (secondary N) is 1. The Morgan fingerprint density at radius 1 is 1.14 bits per heavy atom. The van der Waals surface area contributed by atoms with E-state index in [4.69, 9.17) is 9.15 Å². The first-order chi connectivity index (χ1) is 13.7. The Hall–Kier alpha value is -3.08. The fourth-order valence-electron chi connectivity index (χ4n) is 3.62. The molecule has 1 aliphatic carbocycles. The van der Waals surface area contributed by atoms with Crippen LogP contribution >= 0.6 is 0 Å². The molecule has 0 atom stereocenters. The first-order valence-electron chi connectivity index (χ1n) is 9.84. The van der Waals surface area contributed by atoms with E-state index in [1.54, 1.807) is 6.20 Å². The molecule has 3 aromatic rings. The normalized spacial score (nSPS) is 14.2. The van der Waals surface area contributed by atoms with Crippen molar-refractivity contribution < 1.29 is 13.9 Å². The number of ether oxygens (including phenoxy) is 1. The van der Waals surface area contributed by atoms with Crippen molar-refractivity contribution in [3.63, 3.8) is 0 Å². The van der Waals surface area contributed by atoms with Crippen molar-refractivity contribution in [1.82, 2.24) is 10.3 Å². The van der Waals surface area contributed by atoms with Gasteiger partial charge in [-0.2, -0.15) is 0 Å². The quantitative estimate of drug-likeness (QED) is 0.652. The van der Waals surface area contributed by atoms with E-state index in [9.17, 15) is 4.79 Å². The molecule has 0 radical (unpaired) electrons. The van der Waals surface area contributed by atoms with Crippen LogP contribution in [0.4, 0.5) is 0 Å². The van der Waals surface area contributed by atoms with Gasteiger partial charge in [0.2, 0.25) is 5.89 Å². The summed E-state index contributed by atoms with van der Waals surface area (Å²) in [7, 11) is 0. The lowest BCUT2D eigenvalue weighted by Gasteiger charge is -2.13. The predicted octanol–water partition coefficient (Wildman–Crippen LogP) is 5.08. The number of rotatable bonds is 6. The summed E-state index contributed by atoms with van der Waals surface area (Å²) in [6.45, 7) is 2.59. The number of nitrogens with zero attached hydrogens (tertiary/aromatic N) is 1. The fourth-order valence-corrected chi connectivity index (χ4v) is 3.62. The van der Waals surface area contributed by atoms with E-state index in [1.807, 2.05) is 55.5 Å². The fraction of sp³-hybridized carbons (Fsp3) is 0.304. The zero-order valence-electron chi connectivity index (χ0n) is 16.0. The molecular formula is C23H24N2O3. The average molecular weight is 376 g/mol. The van der Waals surface area contributed by atoms with Gasteiger partial charge >= 0.3 is 0 Å². The number of hydrogen-bond acceptors (Lipinski definition) is 4. The summed E-state index contributed by atoms with van der Waals surface area (Å²) in [5.74, 6) is 1.85. The van der Waals surface area contributed by atoms with E-state index >= 15 is 0 Å². The Morgan fingerprint density at radius 3 is 2.64 bits per heavy atom. The molecule has 1 fully saturated rings. The van der Waals surface area contributed by atoms with E-state index < -0.39 is 0 Å². The largest absolute Gasteiger partial charge is 0.494 e. The summed E-state index contributed by atoms with van der Waals surface area (Å²) in [6.07, 6.45) is 6.15. The molecule has 0 spiro atoms. The van der Waals surface area contributed by atoms with Gasteiger partial charge in [-0.1, -0.05) is 25.0 Å². The van der Waals surface area contributed by atoms with Crippen molar-refractivity contribution in [1.29, 1.82) is 0 Å². The van der Waals surface area contributed by atoms with Gasteiger partial charge in [0.15, 0.2) is 5.76 Å². The Morgan fingerprint density at radius 2 is 1.89 bits per heavy atom. The molecule has 5 nitrogen and oxygen atoms in total. The summed E-state index contributed by atoms with van der Waals surface area (Å²) in [4.78, 5) is 17.2. The topological polar surface area (TPSA) is 64.4 Å². The third-order valence-corrected chi connectivity index (χ3v) is 5.05. The van der Waals surface area contributed by atoms with Crippen LogP contribution in [0, 0.1) is 0 Å². The lowest BCUT2D eigenvalue weighted by molar-refractivity contribution is 0.0938. The van der Waals surface area contributed by atoms with Crippen LogP contribution in [-0.4, -0.2) is 23.5 Å². The zero-order chi connectivity index (χ0) is 19.3. The van der Waals surface area contributed by atoms with Gasteiger partial charge in [-0.3, -0.25) is 4.79 Å². The number of aromatic nitrogens is 1. The molecular weight excluding hydrogens is 352 g/mol. The van der Waals surface area contributed by atoms with Crippen LogP contribution in [0.25, 0.3) is 22.8 Å². The van der Waals surface area contributed by atoms with Crippen molar-refractivity contribution in [2.24, 2.45) is 0 Å². The summed E-state index contributed by atoms with van der Waals surface area (Å²) in [5.41, 5.74) is 2.21. The lowest BCUT2D eigenvalue weighted by Crippen LogP contribution is -2.32. The van der Waals surface area contributed by atoms with E-state index in [0.717, 1.165) is 24.2 Å². The molecule has 1 aromatic heterocycles. The highest BCUT2D eigenvalue weighted by molar-refractivity contribution is 6.00. The maximum Gasteiger partial charge on any atom is 0.252 e. The standard InChI is InChI=1S/C23H24N2O3/c1-2-27-18-13-11-16(12-14-18)21-15-24-23(28-21)20-10-6-5-9-19(20)22(26)25-17-7-3-4-8-17/h5-6,9-15,17H,2-4,7-8H2,1H3,(H,25,26). The summed E-state index contributed by atoms with van der Waals surface area (Å²) in [5, 5.41) is 3.14. The van der Waals surface area contributed by atoms with Gasteiger partial charge in [-0.25, -0.2) is 4.98 Å². The van der Waals surface area contributed by atoms with Crippen LogP contribution in [0.1, 0.15) is 43.0 Å². The number of hydrogen-bond donors (Lipinski definition) is 1. The summed E-state index contributed by atoms with van der Waals surface area (Å²) >= 11 is 0. The molecule has 4 rings (SSSR count). The lowest BCUT2D eigenvalue weighted by atomic mass is 10.1. The van der Waals surface area contributed by atoms with Crippen molar-refractivity contribution in [2.45, 2.75) is 38.6 Å². The molecule has 28 heavy (non-hydrogen) atoms. The molecule has 1 aliphatic rings. The Balaban J connectivity index is 1.57. The molecule has 0 aliphatic heterocycles. The van der Waals surface area contributed by atoms with Gasteiger partial charge in [0.1, 0.15) is 5.75 Å². The summed E-state index contributed by atoms with van der Waals surface area (Å²) in [6, 6.07) is 15.4. The second kappa shape index (κ2) is 8.30. The van der Waals surface area contributed by atoms with Gasteiger partial charge in [0, 0.05) is 17.2 Å². The molecule has 1 saturated carbocycles. The van der Waals surface area contributed by atoms with Crippen LogP contribution in [-0.2, 0) is 0 Å².